The molecular weight excluding hydrogens is 254 g/mol. The number of ether oxygens (including phenoxy) is 1. The lowest BCUT2D eigenvalue weighted by Gasteiger charge is -2.35. The van der Waals surface area contributed by atoms with Gasteiger partial charge in [-0.2, -0.15) is 0 Å². The molecule has 1 N–H and O–H groups in total. The Kier molecular flexibility index (Phi) is 3.38. The minimum atomic E-state index is -0.366. The topological polar surface area (TPSA) is 49.8 Å². The van der Waals surface area contributed by atoms with Gasteiger partial charge in [0.05, 0.1) is 5.70 Å². The summed E-state index contributed by atoms with van der Waals surface area (Å²) in [5.41, 5.74) is 1.45. The van der Waals surface area contributed by atoms with Crippen molar-refractivity contribution in [3.8, 4) is 5.75 Å². The Morgan fingerprint density at radius 1 is 1.35 bits per heavy atom. The third-order valence-electron chi connectivity index (χ3n) is 3.92. The predicted octanol–water partition coefficient (Wildman–Crippen LogP) is 3.10. The van der Waals surface area contributed by atoms with Gasteiger partial charge in [0.1, 0.15) is 5.75 Å². The fourth-order valence-corrected chi connectivity index (χ4v) is 2.87. The molecule has 2 aliphatic heterocycles. The summed E-state index contributed by atoms with van der Waals surface area (Å²) >= 11 is 0. The Morgan fingerprint density at radius 3 is 2.90 bits per heavy atom. The zero-order chi connectivity index (χ0) is 14.1. The van der Waals surface area contributed by atoms with Gasteiger partial charge in [-0.15, -0.1) is 0 Å². The number of fused-ring (bicyclic) bond motifs is 1. The van der Waals surface area contributed by atoms with E-state index in [1.807, 2.05) is 31.2 Å². The molecule has 0 saturated carbocycles. The number of carbonyl (C=O) groups excluding carboxylic acids is 1. The van der Waals surface area contributed by atoms with Crippen LogP contribution in [0, 0.1) is 0 Å². The van der Waals surface area contributed by atoms with Crippen molar-refractivity contribution in [2.45, 2.75) is 38.7 Å². The Morgan fingerprint density at radius 2 is 2.15 bits per heavy atom. The molecule has 2 heterocycles. The molecule has 4 heteroatoms. The van der Waals surface area contributed by atoms with Crippen molar-refractivity contribution in [1.29, 1.82) is 0 Å². The highest BCUT2D eigenvalue weighted by Gasteiger charge is 2.33. The summed E-state index contributed by atoms with van der Waals surface area (Å²) < 4.78 is 5.80. The average Bonchev–Trinajstić information content (AvgIpc) is 2.48. The first-order valence-electron chi connectivity index (χ1n) is 7.22. The van der Waals surface area contributed by atoms with Crippen LogP contribution in [0.3, 0.4) is 0 Å². The Balaban J connectivity index is 2.10. The quantitative estimate of drug-likeness (QED) is 0.900. The minimum absolute atomic E-state index is 0.0874. The molecule has 1 atom stereocenters. The third-order valence-corrected chi connectivity index (χ3v) is 3.92. The van der Waals surface area contributed by atoms with Crippen LogP contribution >= 0.6 is 0 Å². The van der Waals surface area contributed by atoms with Crippen molar-refractivity contribution < 1.29 is 14.6 Å². The molecule has 1 fully saturated rings. The standard InChI is InChI=1S/C16H19NO3/c1-2-12-16(19)15(17-10-6-5-9-14(17)18)11-7-3-4-8-13(11)20-12/h3-4,7-8,12,19H,2,5-6,9-10H2,1H3. The zero-order valence-electron chi connectivity index (χ0n) is 11.6. The summed E-state index contributed by atoms with van der Waals surface area (Å²) in [6, 6.07) is 7.59. The highest BCUT2D eigenvalue weighted by molar-refractivity contribution is 5.89. The maximum Gasteiger partial charge on any atom is 0.227 e. The van der Waals surface area contributed by atoms with E-state index in [1.165, 1.54) is 0 Å². The van der Waals surface area contributed by atoms with Crippen LogP contribution in [-0.4, -0.2) is 28.6 Å². The molecule has 1 aromatic rings. The van der Waals surface area contributed by atoms with E-state index in [1.54, 1.807) is 4.90 Å². The monoisotopic (exact) mass is 273 g/mol. The highest BCUT2D eigenvalue weighted by atomic mass is 16.5. The summed E-state index contributed by atoms with van der Waals surface area (Å²) in [6.07, 6.45) is 2.76. The smallest absolute Gasteiger partial charge is 0.227 e. The van der Waals surface area contributed by atoms with Gasteiger partial charge in [0.25, 0.3) is 0 Å². The highest BCUT2D eigenvalue weighted by Crippen LogP contribution is 2.38. The van der Waals surface area contributed by atoms with E-state index in [0.717, 1.165) is 24.2 Å². The van der Waals surface area contributed by atoms with Gasteiger partial charge in [0, 0.05) is 18.5 Å². The van der Waals surface area contributed by atoms with Crippen LogP contribution in [0.15, 0.2) is 30.0 Å². The second-order valence-corrected chi connectivity index (χ2v) is 5.25. The van der Waals surface area contributed by atoms with Crippen LogP contribution in [0.25, 0.3) is 5.70 Å². The molecule has 0 aliphatic carbocycles. The molecule has 0 spiro atoms. The number of carbonyl (C=O) groups is 1. The third kappa shape index (κ3) is 2.05. The van der Waals surface area contributed by atoms with Gasteiger partial charge in [0.2, 0.25) is 5.91 Å². The van der Waals surface area contributed by atoms with Crippen molar-refractivity contribution in [3.63, 3.8) is 0 Å². The number of hydrogen-bond acceptors (Lipinski definition) is 3. The number of amides is 1. The number of benzene rings is 1. The van der Waals surface area contributed by atoms with Crippen molar-refractivity contribution >= 4 is 11.6 Å². The van der Waals surface area contributed by atoms with Crippen LogP contribution in [0.5, 0.6) is 5.75 Å². The van der Waals surface area contributed by atoms with Gasteiger partial charge in [-0.3, -0.25) is 4.79 Å². The lowest BCUT2D eigenvalue weighted by molar-refractivity contribution is -0.129. The molecule has 3 rings (SSSR count). The van der Waals surface area contributed by atoms with Crippen molar-refractivity contribution in [3.05, 3.63) is 35.6 Å². The Labute approximate surface area is 118 Å². The molecule has 1 unspecified atom stereocenters. The Hall–Kier alpha value is -1.97. The molecule has 4 nitrogen and oxygen atoms in total. The fraction of sp³-hybridized carbons (Fsp3) is 0.438. The molecule has 106 valence electrons. The number of para-hydroxylation sites is 1. The van der Waals surface area contributed by atoms with Crippen LogP contribution in [0.2, 0.25) is 0 Å². The second-order valence-electron chi connectivity index (χ2n) is 5.25. The largest absolute Gasteiger partial charge is 0.506 e. The maximum absolute atomic E-state index is 12.2. The van der Waals surface area contributed by atoms with Gasteiger partial charge in [0.15, 0.2) is 11.9 Å². The average molecular weight is 273 g/mol. The van der Waals surface area contributed by atoms with Crippen molar-refractivity contribution in [2.24, 2.45) is 0 Å². The first-order chi connectivity index (χ1) is 9.72. The van der Waals surface area contributed by atoms with Crippen molar-refractivity contribution in [1.82, 2.24) is 4.90 Å². The summed E-state index contributed by atoms with van der Waals surface area (Å²) in [5.74, 6) is 1.01. The zero-order valence-corrected chi connectivity index (χ0v) is 11.6. The predicted molar refractivity (Wildman–Crippen MR) is 76.3 cm³/mol. The molecule has 2 aliphatic rings. The van der Waals surface area contributed by atoms with E-state index in [9.17, 15) is 9.90 Å². The summed E-state index contributed by atoms with van der Waals surface area (Å²) in [5, 5.41) is 10.5. The molecular formula is C16H19NO3. The van der Waals surface area contributed by atoms with Crippen molar-refractivity contribution in [2.75, 3.05) is 6.54 Å². The number of rotatable bonds is 2. The van der Waals surface area contributed by atoms with E-state index in [4.69, 9.17) is 4.74 Å². The Bertz CT molecular complexity index is 565. The number of aliphatic hydroxyl groups excluding tert-OH is 1. The van der Waals surface area contributed by atoms with Crippen LogP contribution in [-0.2, 0) is 4.79 Å². The lowest BCUT2D eigenvalue weighted by atomic mass is 9.99. The van der Waals surface area contributed by atoms with Gasteiger partial charge in [-0.05, 0) is 31.4 Å². The number of piperidine rings is 1. The van der Waals surface area contributed by atoms with Crippen LogP contribution in [0.1, 0.15) is 38.2 Å². The van der Waals surface area contributed by atoms with Gasteiger partial charge in [-0.25, -0.2) is 0 Å². The molecule has 0 aromatic heterocycles. The van der Waals surface area contributed by atoms with E-state index in [0.29, 0.717) is 25.1 Å². The number of aliphatic hydroxyl groups is 1. The molecule has 0 radical (unpaired) electrons. The van der Waals surface area contributed by atoms with E-state index < -0.39 is 0 Å². The minimum Gasteiger partial charge on any atom is -0.506 e. The first kappa shape index (κ1) is 13.0. The van der Waals surface area contributed by atoms with Gasteiger partial charge < -0.3 is 14.7 Å². The first-order valence-corrected chi connectivity index (χ1v) is 7.22. The SMILES string of the molecule is CCC1Oc2ccccc2C(N2CCCCC2=O)=C1O. The van der Waals surface area contributed by atoms with Gasteiger partial charge >= 0.3 is 0 Å². The van der Waals surface area contributed by atoms with Gasteiger partial charge in [-0.1, -0.05) is 19.1 Å². The number of likely N-dealkylation sites (tertiary alicyclic amines) is 1. The van der Waals surface area contributed by atoms with E-state index >= 15 is 0 Å². The summed E-state index contributed by atoms with van der Waals surface area (Å²) in [6.45, 7) is 2.63. The van der Waals surface area contributed by atoms with Crippen LogP contribution in [0.4, 0.5) is 0 Å². The van der Waals surface area contributed by atoms with E-state index in [2.05, 4.69) is 0 Å². The molecule has 1 saturated heterocycles. The summed E-state index contributed by atoms with van der Waals surface area (Å²) in [4.78, 5) is 13.9. The normalized spacial score (nSPS) is 22.6. The lowest BCUT2D eigenvalue weighted by Crippen LogP contribution is -2.38. The molecule has 0 bridgehead atoms. The molecule has 1 aromatic carbocycles. The maximum atomic E-state index is 12.2. The van der Waals surface area contributed by atoms with E-state index in [-0.39, 0.29) is 17.8 Å². The summed E-state index contributed by atoms with van der Waals surface area (Å²) in [7, 11) is 0. The fourth-order valence-electron chi connectivity index (χ4n) is 2.87. The number of hydrogen-bond donors (Lipinski definition) is 1. The molecule has 20 heavy (non-hydrogen) atoms. The molecule has 1 amide bonds. The number of nitrogens with zero attached hydrogens (tertiary/aromatic N) is 1. The van der Waals surface area contributed by atoms with Crippen LogP contribution < -0.4 is 4.74 Å². The second kappa shape index (κ2) is 5.19.